The van der Waals surface area contributed by atoms with Gasteiger partial charge in [0.15, 0.2) is 0 Å². The van der Waals surface area contributed by atoms with Crippen LogP contribution in [-0.4, -0.2) is 34.8 Å². The molecular formula is C14H21N3O2S. The number of amides is 2. The van der Waals surface area contributed by atoms with Crippen molar-refractivity contribution in [3.05, 3.63) is 15.6 Å². The van der Waals surface area contributed by atoms with Gasteiger partial charge in [0.1, 0.15) is 4.88 Å². The normalized spacial score (nSPS) is 16.7. The zero-order valence-electron chi connectivity index (χ0n) is 12.2. The summed E-state index contributed by atoms with van der Waals surface area (Å²) in [5.74, 6) is -0.0651. The standard InChI is InChI=1S/C14H21N3O2S/c1-8(2)11-12(20-9(3)16-11)14(19)17-6-4-10(5-7-17)13(15)18/h8,10H,4-7H2,1-3H3,(H2,15,18). The molecule has 1 aliphatic rings. The van der Waals surface area contributed by atoms with Gasteiger partial charge in [-0.3, -0.25) is 9.59 Å². The molecule has 1 aromatic rings. The van der Waals surface area contributed by atoms with Crippen LogP contribution in [0.2, 0.25) is 0 Å². The summed E-state index contributed by atoms with van der Waals surface area (Å²) in [6, 6.07) is 0. The Morgan fingerprint density at radius 3 is 2.45 bits per heavy atom. The first kappa shape index (κ1) is 15.0. The number of likely N-dealkylation sites (tertiary alicyclic amines) is 1. The van der Waals surface area contributed by atoms with E-state index in [0.717, 1.165) is 15.6 Å². The Labute approximate surface area is 123 Å². The number of hydrogen-bond acceptors (Lipinski definition) is 4. The number of aromatic nitrogens is 1. The molecule has 110 valence electrons. The van der Waals surface area contributed by atoms with Crippen molar-refractivity contribution < 1.29 is 9.59 Å². The molecule has 1 aromatic heterocycles. The number of aryl methyl sites for hydroxylation is 1. The van der Waals surface area contributed by atoms with Gasteiger partial charge in [-0.2, -0.15) is 0 Å². The Morgan fingerprint density at radius 1 is 1.35 bits per heavy atom. The minimum Gasteiger partial charge on any atom is -0.369 e. The lowest BCUT2D eigenvalue weighted by atomic mass is 9.96. The Kier molecular flexibility index (Phi) is 4.42. The highest BCUT2D eigenvalue weighted by Gasteiger charge is 2.29. The SMILES string of the molecule is Cc1nc(C(C)C)c(C(=O)N2CCC(C(N)=O)CC2)s1. The summed E-state index contributed by atoms with van der Waals surface area (Å²) in [5.41, 5.74) is 6.20. The van der Waals surface area contributed by atoms with Crippen molar-refractivity contribution in [1.29, 1.82) is 0 Å². The van der Waals surface area contributed by atoms with E-state index in [1.54, 1.807) is 0 Å². The number of carbonyl (C=O) groups excluding carboxylic acids is 2. The number of carbonyl (C=O) groups is 2. The first-order valence-electron chi connectivity index (χ1n) is 6.96. The van der Waals surface area contributed by atoms with Crippen LogP contribution in [0.3, 0.4) is 0 Å². The summed E-state index contributed by atoms with van der Waals surface area (Å²) >= 11 is 1.46. The van der Waals surface area contributed by atoms with E-state index in [2.05, 4.69) is 4.98 Å². The molecule has 1 fully saturated rings. The van der Waals surface area contributed by atoms with E-state index >= 15 is 0 Å². The molecule has 0 spiro atoms. The molecule has 2 heterocycles. The number of nitrogens with zero attached hydrogens (tertiary/aromatic N) is 2. The second-order valence-electron chi connectivity index (χ2n) is 5.57. The predicted octanol–water partition coefficient (Wildman–Crippen LogP) is 1.91. The maximum Gasteiger partial charge on any atom is 0.265 e. The summed E-state index contributed by atoms with van der Waals surface area (Å²) in [6.45, 7) is 7.21. The molecule has 1 saturated heterocycles. The molecule has 2 rings (SSSR count). The van der Waals surface area contributed by atoms with Crippen LogP contribution in [0.5, 0.6) is 0 Å². The smallest absolute Gasteiger partial charge is 0.265 e. The lowest BCUT2D eigenvalue weighted by Gasteiger charge is -2.30. The van der Waals surface area contributed by atoms with Crippen molar-refractivity contribution in [2.45, 2.75) is 39.5 Å². The third-order valence-electron chi connectivity index (χ3n) is 3.69. The minimum absolute atomic E-state index is 0.0437. The summed E-state index contributed by atoms with van der Waals surface area (Å²) in [6.07, 6.45) is 1.33. The number of nitrogens with two attached hydrogens (primary N) is 1. The van der Waals surface area contributed by atoms with Gasteiger partial charge >= 0.3 is 0 Å². The van der Waals surface area contributed by atoms with Crippen LogP contribution >= 0.6 is 11.3 Å². The van der Waals surface area contributed by atoms with Gasteiger partial charge in [-0.05, 0) is 25.7 Å². The predicted molar refractivity (Wildman–Crippen MR) is 78.8 cm³/mol. The number of thiazole rings is 1. The van der Waals surface area contributed by atoms with Gasteiger partial charge in [0, 0.05) is 19.0 Å². The molecule has 5 nitrogen and oxygen atoms in total. The van der Waals surface area contributed by atoms with E-state index in [1.165, 1.54) is 11.3 Å². The van der Waals surface area contributed by atoms with Gasteiger partial charge in [-0.1, -0.05) is 13.8 Å². The van der Waals surface area contributed by atoms with Crippen LogP contribution in [-0.2, 0) is 4.79 Å². The van der Waals surface area contributed by atoms with Crippen molar-refractivity contribution in [2.75, 3.05) is 13.1 Å². The number of primary amides is 1. The average molecular weight is 295 g/mol. The highest BCUT2D eigenvalue weighted by molar-refractivity contribution is 7.13. The first-order chi connectivity index (χ1) is 9.40. The lowest BCUT2D eigenvalue weighted by molar-refractivity contribution is -0.123. The van der Waals surface area contributed by atoms with Gasteiger partial charge < -0.3 is 10.6 Å². The van der Waals surface area contributed by atoms with E-state index in [0.29, 0.717) is 25.9 Å². The molecule has 2 N–H and O–H groups in total. The van der Waals surface area contributed by atoms with E-state index < -0.39 is 0 Å². The third-order valence-corrected chi connectivity index (χ3v) is 4.66. The van der Waals surface area contributed by atoms with Crippen LogP contribution in [0, 0.1) is 12.8 Å². The molecule has 0 aromatic carbocycles. The molecule has 6 heteroatoms. The Bertz CT molecular complexity index is 516. The third kappa shape index (κ3) is 3.00. The van der Waals surface area contributed by atoms with Crippen molar-refractivity contribution in [3.63, 3.8) is 0 Å². The van der Waals surface area contributed by atoms with E-state index in [4.69, 9.17) is 5.73 Å². The quantitative estimate of drug-likeness (QED) is 0.925. The molecule has 0 atom stereocenters. The largest absolute Gasteiger partial charge is 0.369 e. The average Bonchev–Trinajstić information content (AvgIpc) is 2.80. The molecular weight excluding hydrogens is 274 g/mol. The zero-order valence-corrected chi connectivity index (χ0v) is 13.0. The Balaban J connectivity index is 2.11. The highest BCUT2D eigenvalue weighted by Crippen LogP contribution is 2.27. The zero-order chi connectivity index (χ0) is 14.9. The van der Waals surface area contributed by atoms with E-state index in [1.807, 2.05) is 25.7 Å². The first-order valence-corrected chi connectivity index (χ1v) is 7.77. The minimum atomic E-state index is -0.256. The number of hydrogen-bond donors (Lipinski definition) is 1. The molecule has 0 bridgehead atoms. The molecule has 2 amide bonds. The lowest BCUT2D eigenvalue weighted by Crippen LogP contribution is -2.41. The fourth-order valence-electron chi connectivity index (χ4n) is 2.50. The topological polar surface area (TPSA) is 76.3 Å². The van der Waals surface area contributed by atoms with Gasteiger partial charge in [0.05, 0.1) is 10.7 Å². The molecule has 0 unspecified atom stereocenters. The summed E-state index contributed by atoms with van der Waals surface area (Å²) < 4.78 is 0. The molecule has 0 radical (unpaired) electrons. The van der Waals surface area contributed by atoms with Crippen LogP contribution in [0.4, 0.5) is 0 Å². The fraction of sp³-hybridized carbons (Fsp3) is 0.643. The monoisotopic (exact) mass is 295 g/mol. The van der Waals surface area contributed by atoms with Gasteiger partial charge in [-0.25, -0.2) is 4.98 Å². The van der Waals surface area contributed by atoms with Crippen molar-refractivity contribution in [1.82, 2.24) is 9.88 Å². The number of piperidine rings is 1. The van der Waals surface area contributed by atoms with Crippen LogP contribution in [0.1, 0.15) is 53.0 Å². The maximum atomic E-state index is 12.6. The van der Waals surface area contributed by atoms with Crippen molar-refractivity contribution >= 4 is 23.2 Å². The van der Waals surface area contributed by atoms with E-state index in [9.17, 15) is 9.59 Å². The molecule has 0 aliphatic carbocycles. The maximum absolute atomic E-state index is 12.6. The van der Waals surface area contributed by atoms with Crippen molar-refractivity contribution in [2.24, 2.45) is 11.7 Å². The number of rotatable bonds is 3. The second kappa shape index (κ2) is 5.91. The molecule has 0 saturated carbocycles. The summed E-state index contributed by atoms with van der Waals surface area (Å²) in [7, 11) is 0. The summed E-state index contributed by atoms with van der Waals surface area (Å²) in [4.78, 5) is 30.8. The van der Waals surface area contributed by atoms with Crippen LogP contribution < -0.4 is 5.73 Å². The van der Waals surface area contributed by atoms with Crippen LogP contribution in [0.25, 0.3) is 0 Å². The Morgan fingerprint density at radius 2 is 1.95 bits per heavy atom. The fourth-order valence-corrected chi connectivity index (χ4v) is 3.54. The van der Waals surface area contributed by atoms with Crippen molar-refractivity contribution in [3.8, 4) is 0 Å². The molecule has 1 aliphatic heterocycles. The van der Waals surface area contributed by atoms with Gasteiger partial charge in [0.25, 0.3) is 5.91 Å². The van der Waals surface area contributed by atoms with Gasteiger partial charge in [-0.15, -0.1) is 11.3 Å². The Hall–Kier alpha value is -1.43. The molecule has 20 heavy (non-hydrogen) atoms. The van der Waals surface area contributed by atoms with Gasteiger partial charge in [0.2, 0.25) is 5.91 Å². The summed E-state index contributed by atoms with van der Waals surface area (Å²) in [5, 5.41) is 0.920. The van der Waals surface area contributed by atoms with E-state index in [-0.39, 0.29) is 23.7 Å². The van der Waals surface area contributed by atoms with Crippen LogP contribution in [0.15, 0.2) is 0 Å². The highest BCUT2D eigenvalue weighted by atomic mass is 32.1. The second-order valence-corrected chi connectivity index (χ2v) is 6.77.